The zero-order chi connectivity index (χ0) is 18.3. The monoisotopic (exact) mass is 356 g/mol. The number of nitrogens with zero attached hydrogens (tertiary/aromatic N) is 2. The summed E-state index contributed by atoms with van der Waals surface area (Å²) >= 11 is 0. The SMILES string of the molecule is CC(=O)N1CC(C)(C)Oc2ccc(S(=O)(=O)N(C)CC(=O)O)cc21. The maximum atomic E-state index is 12.5. The average Bonchev–Trinajstić information content (AvgIpc) is 2.43. The molecule has 132 valence electrons. The number of anilines is 1. The maximum Gasteiger partial charge on any atom is 0.318 e. The molecule has 0 aliphatic carbocycles. The van der Waals surface area contributed by atoms with E-state index in [1.165, 1.54) is 37.1 Å². The molecule has 1 N–H and O–H groups in total. The van der Waals surface area contributed by atoms with E-state index in [2.05, 4.69) is 0 Å². The molecule has 1 amide bonds. The molecule has 1 heterocycles. The molecule has 1 aliphatic heterocycles. The number of carbonyl (C=O) groups is 2. The zero-order valence-electron chi connectivity index (χ0n) is 13.9. The van der Waals surface area contributed by atoms with Crippen molar-refractivity contribution < 1.29 is 27.9 Å². The number of benzene rings is 1. The normalized spacial score (nSPS) is 16.5. The Hall–Kier alpha value is -2.13. The first-order valence-electron chi connectivity index (χ1n) is 7.23. The summed E-state index contributed by atoms with van der Waals surface area (Å²) in [7, 11) is -2.80. The number of hydrogen-bond donors (Lipinski definition) is 1. The number of carboxylic acids is 1. The number of carbonyl (C=O) groups excluding carboxylic acids is 1. The first-order chi connectivity index (χ1) is 10.9. The van der Waals surface area contributed by atoms with Gasteiger partial charge in [-0.3, -0.25) is 9.59 Å². The van der Waals surface area contributed by atoms with Crippen molar-refractivity contribution in [1.29, 1.82) is 0 Å². The molecule has 0 saturated carbocycles. The van der Waals surface area contributed by atoms with E-state index in [4.69, 9.17) is 9.84 Å². The number of carboxylic acid groups (broad SMARTS) is 1. The van der Waals surface area contributed by atoms with Gasteiger partial charge in [0.2, 0.25) is 15.9 Å². The molecule has 0 saturated heterocycles. The van der Waals surface area contributed by atoms with E-state index in [0.29, 0.717) is 11.4 Å². The van der Waals surface area contributed by atoms with Crippen LogP contribution in [0.3, 0.4) is 0 Å². The van der Waals surface area contributed by atoms with Crippen LogP contribution < -0.4 is 9.64 Å². The summed E-state index contributed by atoms with van der Waals surface area (Å²) in [5, 5.41) is 8.78. The van der Waals surface area contributed by atoms with Gasteiger partial charge in [0.1, 0.15) is 17.9 Å². The highest BCUT2D eigenvalue weighted by Gasteiger charge is 2.35. The molecule has 1 aliphatic rings. The summed E-state index contributed by atoms with van der Waals surface area (Å²) in [5.74, 6) is -1.09. The number of aliphatic carboxylic acids is 1. The van der Waals surface area contributed by atoms with E-state index < -0.39 is 28.1 Å². The number of fused-ring (bicyclic) bond motifs is 1. The number of rotatable bonds is 4. The van der Waals surface area contributed by atoms with Crippen molar-refractivity contribution in [3.8, 4) is 5.75 Å². The van der Waals surface area contributed by atoms with Crippen LogP contribution in [-0.2, 0) is 19.6 Å². The van der Waals surface area contributed by atoms with Crippen molar-refractivity contribution in [3.63, 3.8) is 0 Å². The third-order valence-electron chi connectivity index (χ3n) is 3.59. The van der Waals surface area contributed by atoms with Crippen LogP contribution in [0.4, 0.5) is 5.69 Å². The van der Waals surface area contributed by atoms with Crippen molar-refractivity contribution in [2.24, 2.45) is 0 Å². The molecule has 0 spiro atoms. The molecule has 1 aromatic carbocycles. The van der Waals surface area contributed by atoms with Gasteiger partial charge in [0.25, 0.3) is 0 Å². The van der Waals surface area contributed by atoms with Crippen LogP contribution in [0.15, 0.2) is 23.1 Å². The van der Waals surface area contributed by atoms with E-state index in [1.807, 2.05) is 13.8 Å². The lowest BCUT2D eigenvalue weighted by molar-refractivity contribution is -0.137. The number of amides is 1. The topological polar surface area (TPSA) is 104 Å². The smallest absolute Gasteiger partial charge is 0.318 e. The fraction of sp³-hybridized carbons (Fsp3) is 0.467. The van der Waals surface area contributed by atoms with Crippen LogP contribution in [0, 0.1) is 0 Å². The summed E-state index contributed by atoms with van der Waals surface area (Å²) in [5.41, 5.74) is -0.245. The van der Waals surface area contributed by atoms with Gasteiger partial charge >= 0.3 is 5.97 Å². The summed E-state index contributed by atoms with van der Waals surface area (Å²) in [4.78, 5) is 24.0. The summed E-state index contributed by atoms with van der Waals surface area (Å²) < 4.78 is 31.5. The summed E-state index contributed by atoms with van der Waals surface area (Å²) in [6.07, 6.45) is 0. The lowest BCUT2D eigenvalue weighted by atomic mass is 10.1. The molecule has 2 rings (SSSR count). The van der Waals surface area contributed by atoms with Crippen LogP contribution in [0.1, 0.15) is 20.8 Å². The Morgan fingerprint density at radius 1 is 1.38 bits per heavy atom. The van der Waals surface area contributed by atoms with Gasteiger partial charge in [-0.1, -0.05) is 0 Å². The van der Waals surface area contributed by atoms with Crippen LogP contribution in [0.2, 0.25) is 0 Å². The van der Waals surface area contributed by atoms with Gasteiger partial charge in [0.15, 0.2) is 0 Å². The average molecular weight is 356 g/mol. The quantitative estimate of drug-likeness (QED) is 0.860. The standard InChI is InChI=1S/C15H20N2O6S/c1-10(18)17-9-15(2,3)23-13-6-5-11(7-12(13)17)24(21,22)16(4)8-14(19)20/h5-7H,8-9H2,1-4H3,(H,19,20). The van der Waals surface area contributed by atoms with E-state index in [1.54, 1.807) is 0 Å². The summed E-state index contributed by atoms with van der Waals surface area (Å²) in [6, 6.07) is 4.15. The van der Waals surface area contributed by atoms with Gasteiger partial charge < -0.3 is 14.7 Å². The zero-order valence-corrected chi connectivity index (χ0v) is 14.8. The third kappa shape index (κ3) is 3.51. The number of ether oxygens (including phenoxy) is 1. The largest absolute Gasteiger partial charge is 0.484 e. The lowest BCUT2D eigenvalue weighted by Crippen LogP contribution is -2.48. The highest BCUT2D eigenvalue weighted by Crippen LogP contribution is 2.38. The number of hydrogen-bond acceptors (Lipinski definition) is 5. The molecule has 1 aromatic rings. The molecule has 0 radical (unpaired) electrons. The minimum absolute atomic E-state index is 0.0976. The molecule has 0 atom stereocenters. The summed E-state index contributed by atoms with van der Waals surface area (Å²) in [6.45, 7) is 4.68. The van der Waals surface area contributed by atoms with E-state index in [9.17, 15) is 18.0 Å². The molecular weight excluding hydrogens is 336 g/mol. The van der Waals surface area contributed by atoms with Gasteiger partial charge in [-0.2, -0.15) is 4.31 Å². The van der Waals surface area contributed by atoms with E-state index in [0.717, 1.165) is 4.31 Å². The Kier molecular flexibility index (Phi) is 4.60. The molecule has 0 fully saturated rings. The molecular formula is C15H20N2O6S. The van der Waals surface area contributed by atoms with E-state index >= 15 is 0 Å². The predicted molar refractivity (Wildman–Crippen MR) is 86.6 cm³/mol. The van der Waals surface area contributed by atoms with Crippen LogP contribution in [-0.4, -0.2) is 55.4 Å². The first kappa shape index (κ1) is 18.2. The number of likely N-dealkylation sites (N-methyl/N-ethyl adjacent to an activating group) is 1. The van der Waals surface area contributed by atoms with E-state index in [-0.39, 0.29) is 17.3 Å². The molecule has 8 nitrogen and oxygen atoms in total. The molecule has 0 aromatic heterocycles. The minimum atomic E-state index is -3.99. The van der Waals surface area contributed by atoms with Gasteiger partial charge in [-0.25, -0.2) is 8.42 Å². The van der Waals surface area contributed by atoms with Crippen LogP contribution in [0.25, 0.3) is 0 Å². The molecule has 0 unspecified atom stereocenters. The van der Waals surface area contributed by atoms with Crippen LogP contribution >= 0.6 is 0 Å². The molecule has 0 bridgehead atoms. The highest BCUT2D eigenvalue weighted by molar-refractivity contribution is 7.89. The lowest BCUT2D eigenvalue weighted by Gasteiger charge is -2.39. The van der Waals surface area contributed by atoms with Gasteiger partial charge in [-0.05, 0) is 32.0 Å². The van der Waals surface area contributed by atoms with Crippen molar-refractivity contribution in [3.05, 3.63) is 18.2 Å². The Labute approximate surface area is 140 Å². The van der Waals surface area contributed by atoms with Gasteiger partial charge in [-0.15, -0.1) is 0 Å². The fourth-order valence-electron chi connectivity index (χ4n) is 2.49. The first-order valence-corrected chi connectivity index (χ1v) is 8.67. The maximum absolute atomic E-state index is 12.5. The van der Waals surface area contributed by atoms with Crippen molar-refractivity contribution in [2.75, 3.05) is 25.0 Å². The van der Waals surface area contributed by atoms with Gasteiger partial charge in [0.05, 0.1) is 17.1 Å². The number of sulfonamides is 1. The Bertz CT molecular complexity index is 787. The second-order valence-corrected chi connectivity index (χ2v) is 8.30. The second kappa shape index (κ2) is 6.06. The Morgan fingerprint density at radius 2 is 2.00 bits per heavy atom. The minimum Gasteiger partial charge on any atom is -0.484 e. The highest BCUT2D eigenvalue weighted by atomic mass is 32.2. The van der Waals surface area contributed by atoms with Crippen molar-refractivity contribution >= 4 is 27.6 Å². The molecule has 24 heavy (non-hydrogen) atoms. The predicted octanol–water partition coefficient (Wildman–Crippen LogP) is 0.916. The van der Waals surface area contributed by atoms with Crippen molar-refractivity contribution in [2.45, 2.75) is 31.3 Å². The third-order valence-corrected chi connectivity index (χ3v) is 5.39. The van der Waals surface area contributed by atoms with Gasteiger partial charge in [0, 0.05) is 14.0 Å². The van der Waals surface area contributed by atoms with Crippen molar-refractivity contribution in [1.82, 2.24) is 4.31 Å². The fourth-order valence-corrected chi connectivity index (χ4v) is 3.63. The van der Waals surface area contributed by atoms with Crippen LogP contribution in [0.5, 0.6) is 5.75 Å². The molecule has 9 heteroatoms. The Balaban J connectivity index is 2.49. The Morgan fingerprint density at radius 3 is 2.54 bits per heavy atom. The second-order valence-electron chi connectivity index (χ2n) is 6.25.